The first-order valence-corrected chi connectivity index (χ1v) is 8.94. The third-order valence-corrected chi connectivity index (χ3v) is 4.95. The molecule has 1 aromatic heterocycles. The van der Waals surface area contributed by atoms with Crippen LogP contribution in [0, 0.1) is 0 Å². The van der Waals surface area contributed by atoms with Crippen LogP contribution >= 0.6 is 11.8 Å². The number of hydrogen-bond acceptors (Lipinski definition) is 4. The normalized spacial score (nSPS) is 16.6. The summed E-state index contributed by atoms with van der Waals surface area (Å²) in [6, 6.07) is 17.9. The fourth-order valence-electron chi connectivity index (χ4n) is 2.73. The molecule has 2 heterocycles. The summed E-state index contributed by atoms with van der Waals surface area (Å²) in [7, 11) is 0. The first-order chi connectivity index (χ1) is 12.3. The maximum Gasteiger partial charge on any atom is 0.239 e. The summed E-state index contributed by atoms with van der Waals surface area (Å²) in [6.07, 6.45) is 3.62. The highest BCUT2D eigenvalue weighted by Gasteiger charge is 2.28. The van der Waals surface area contributed by atoms with Gasteiger partial charge in [0.25, 0.3) is 0 Å². The molecule has 0 atom stereocenters. The Hall–Kier alpha value is -2.86. The van der Waals surface area contributed by atoms with Crippen LogP contribution in [-0.4, -0.2) is 32.9 Å². The van der Waals surface area contributed by atoms with Crippen LogP contribution in [0.15, 0.2) is 71.0 Å². The lowest BCUT2D eigenvalue weighted by atomic mass is 10.2. The van der Waals surface area contributed by atoms with Crippen molar-refractivity contribution in [3.63, 3.8) is 0 Å². The molecule has 1 amide bonds. The van der Waals surface area contributed by atoms with Crippen LogP contribution in [0.3, 0.4) is 0 Å². The Balaban J connectivity index is 1.54. The first kappa shape index (κ1) is 15.7. The highest BCUT2D eigenvalue weighted by molar-refractivity contribution is 8.15. The van der Waals surface area contributed by atoms with Gasteiger partial charge >= 0.3 is 0 Å². The molecule has 0 aliphatic carbocycles. The quantitative estimate of drug-likeness (QED) is 0.578. The van der Waals surface area contributed by atoms with Crippen LogP contribution in [0.4, 0.5) is 0 Å². The second kappa shape index (κ2) is 6.94. The number of H-pyrrole nitrogens is 1. The summed E-state index contributed by atoms with van der Waals surface area (Å²) in [6.45, 7) is 0.522. The molecule has 1 saturated heterocycles. The SMILES string of the molecule is O=C1CS/C(=N/N=C\c2c[nH]c3ccccc23)N1Cc1ccccc1. The smallest absolute Gasteiger partial charge is 0.239 e. The molecule has 0 unspecified atom stereocenters. The van der Waals surface area contributed by atoms with E-state index in [1.165, 1.54) is 11.8 Å². The van der Waals surface area contributed by atoms with E-state index < -0.39 is 0 Å². The number of aromatic amines is 1. The first-order valence-electron chi connectivity index (χ1n) is 7.95. The molecule has 1 N–H and O–H groups in total. The van der Waals surface area contributed by atoms with Crippen molar-refractivity contribution in [3.8, 4) is 0 Å². The van der Waals surface area contributed by atoms with Gasteiger partial charge in [-0.25, -0.2) is 0 Å². The number of nitrogens with zero attached hydrogens (tertiary/aromatic N) is 3. The van der Waals surface area contributed by atoms with Crippen LogP contribution in [0.5, 0.6) is 0 Å². The van der Waals surface area contributed by atoms with E-state index in [4.69, 9.17) is 0 Å². The van der Waals surface area contributed by atoms with E-state index in [1.807, 2.05) is 60.8 Å². The lowest BCUT2D eigenvalue weighted by molar-refractivity contribution is -0.124. The van der Waals surface area contributed by atoms with Crippen LogP contribution in [0.2, 0.25) is 0 Å². The number of rotatable bonds is 4. The van der Waals surface area contributed by atoms with Gasteiger partial charge in [0.2, 0.25) is 5.91 Å². The van der Waals surface area contributed by atoms with Crippen LogP contribution in [0.25, 0.3) is 10.9 Å². The van der Waals surface area contributed by atoms with Crippen molar-refractivity contribution in [2.24, 2.45) is 10.2 Å². The van der Waals surface area contributed by atoms with Crippen molar-refractivity contribution >= 4 is 40.0 Å². The standard InChI is InChI=1S/C19H16N4OS/c24-18-13-25-19(23(18)12-14-6-2-1-3-7-14)22-21-11-15-10-20-17-9-5-4-8-16(15)17/h1-11,20H,12-13H2/b21-11-,22-19+. The van der Waals surface area contributed by atoms with E-state index in [1.54, 1.807) is 11.1 Å². The van der Waals surface area contributed by atoms with Gasteiger partial charge < -0.3 is 4.98 Å². The number of amides is 1. The Morgan fingerprint density at radius 3 is 2.80 bits per heavy atom. The summed E-state index contributed by atoms with van der Waals surface area (Å²) >= 11 is 1.42. The zero-order valence-corrected chi connectivity index (χ0v) is 14.2. The van der Waals surface area contributed by atoms with Gasteiger partial charge in [-0.3, -0.25) is 9.69 Å². The number of benzene rings is 2. The molecule has 2 aromatic carbocycles. The summed E-state index contributed by atoms with van der Waals surface area (Å²) in [5.41, 5.74) is 3.11. The molecule has 3 aromatic rings. The molecule has 124 valence electrons. The van der Waals surface area contributed by atoms with Crippen LogP contribution in [-0.2, 0) is 11.3 Å². The monoisotopic (exact) mass is 348 g/mol. The molecule has 25 heavy (non-hydrogen) atoms. The molecule has 0 saturated carbocycles. The minimum absolute atomic E-state index is 0.0647. The molecule has 4 rings (SSSR count). The average molecular weight is 348 g/mol. The van der Waals surface area contributed by atoms with Crippen molar-refractivity contribution in [2.75, 3.05) is 5.75 Å². The van der Waals surface area contributed by atoms with Gasteiger partial charge in [-0.2, -0.15) is 5.10 Å². The number of fused-ring (bicyclic) bond motifs is 1. The van der Waals surface area contributed by atoms with Gasteiger partial charge in [0, 0.05) is 22.7 Å². The Labute approximate surface area is 149 Å². The summed E-state index contributed by atoms with van der Waals surface area (Å²) < 4.78 is 0. The molecular weight excluding hydrogens is 332 g/mol. The maximum atomic E-state index is 12.1. The molecule has 5 nitrogen and oxygen atoms in total. The number of carbonyl (C=O) groups is 1. The van der Waals surface area contributed by atoms with Gasteiger partial charge in [0.15, 0.2) is 5.17 Å². The third kappa shape index (κ3) is 3.34. The number of para-hydroxylation sites is 1. The molecule has 1 aliphatic heterocycles. The molecule has 1 fully saturated rings. The zero-order valence-electron chi connectivity index (χ0n) is 13.4. The number of carbonyl (C=O) groups excluding carboxylic acids is 1. The predicted octanol–water partition coefficient (Wildman–Crippen LogP) is 3.63. The van der Waals surface area contributed by atoms with E-state index >= 15 is 0 Å². The van der Waals surface area contributed by atoms with Crippen LogP contribution in [0.1, 0.15) is 11.1 Å². The van der Waals surface area contributed by atoms with Gasteiger partial charge in [-0.1, -0.05) is 60.3 Å². The topological polar surface area (TPSA) is 60.8 Å². The molecule has 0 radical (unpaired) electrons. The third-order valence-electron chi connectivity index (χ3n) is 4.00. The Morgan fingerprint density at radius 1 is 1.12 bits per heavy atom. The minimum Gasteiger partial charge on any atom is -0.361 e. The van der Waals surface area contributed by atoms with Crippen molar-refractivity contribution in [1.82, 2.24) is 9.88 Å². The predicted molar refractivity (Wildman–Crippen MR) is 103 cm³/mol. The number of aromatic nitrogens is 1. The molecule has 0 bridgehead atoms. The van der Waals surface area contributed by atoms with E-state index in [2.05, 4.69) is 15.2 Å². The highest BCUT2D eigenvalue weighted by Crippen LogP contribution is 2.22. The molecular formula is C19H16N4OS. The van der Waals surface area contributed by atoms with Crippen molar-refractivity contribution in [2.45, 2.75) is 6.54 Å². The molecule has 6 heteroatoms. The van der Waals surface area contributed by atoms with Crippen LogP contribution < -0.4 is 0 Å². The molecule has 1 aliphatic rings. The largest absolute Gasteiger partial charge is 0.361 e. The van der Waals surface area contributed by atoms with Gasteiger partial charge in [-0.05, 0) is 11.6 Å². The number of thioether (sulfide) groups is 1. The van der Waals surface area contributed by atoms with E-state index in [0.717, 1.165) is 22.0 Å². The Morgan fingerprint density at radius 2 is 1.92 bits per heavy atom. The number of amidine groups is 1. The fourth-order valence-corrected chi connectivity index (χ4v) is 3.57. The summed E-state index contributed by atoms with van der Waals surface area (Å²) in [4.78, 5) is 17.0. The molecule has 0 spiro atoms. The maximum absolute atomic E-state index is 12.1. The van der Waals surface area contributed by atoms with E-state index in [9.17, 15) is 4.79 Å². The lowest BCUT2D eigenvalue weighted by Crippen LogP contribution is -2.28. The minimum atomic E-state index is 0.0647. The van der Waals surface area contributed by atoms with Crippen molar-refractivity contribution in [1.29, 1.82) is 0 Å². The Kier molecular flexibility index (Phi) is 4.35. The Bertz CT molecular complexity index is 962. The summed E-state index contributed by atoms with van der Waals surface area (Å²) in [5, 5.41) is 10.2. The van der Waals surface area contributed by atoms with Gasteiger partial charge in [-0.15, -0.1) is 5.10 Å². The summed E-state index contributed by atoms with van der Waals surface area (Å²) in [5.74, 6) is 0.476. The van der Waals surface area contributed by atoms with Crippen molar-refractivity contribution in [3.05, 3.63) is 71.9 Å². The second-order valence-electron chi connectivity index (χ2n) is 5.67. The zero-order chi connectivity index (χ0) is 17.1. The van der Waals surface area contributed by atoms with Gasteiger partial charge in [0.1, 0.15) is 0 Å². The van der Waals surface area contributed by atoms with E-state index in [0.29, 0.717) is 17.5 Å². The van der Waals surface area contributed by atoms with Gasteiger partial charge in [0.05, 0.1) is 18.5 Å². The highest BCUT2D eigenvalue weighted by atomic mass is 32.2. The van der Waals surface area contributed by atoms with Crippen molar-refractivity contribution < 1.29 is 4.79 Å². The fraction of sp³-hybridized carbons (Fsp3) is 0.105. The average Bonchev–Trinajstić information content (AvgIpc) is 3.21. The lowest BCUT2D eigenvalue weighted by Gasteiger charge is -2.14. The second-order valence-corrected chi connectivity index (χ2v) is 6.61. The van der Waals surface area contributed by atoms with E-state index in [-0.39, 0.29) is 5.91 Å². The number of nitrogens with one attached hydrogen (secondary N) is 1. The number of hydrogen-bond donors (Lipinski definition) is 1.